The fourth-order valence-electron chi connectivity index (χ4n) is 4.83. The highest BCUT2D eigenvalue weighted by atomic mass is 16.5. The highest BCUT2D eigenvalue weighted by Crippen LogP contribution is 2.29. The number of nitriles is 1. The molecule has 1 heterocycles. The maximum Gasteiger partial charge on any atom is 0.308 e. The highest BCUT2D eigenvalue weighted by molar-refractivity contribution is 5.71. The van der Waals surface area contributed by atoms with E-state index in [4.69, 9.17) is 4.74 Å². The maximum atomic E-state index is 12.6. The standard InChI is InChI=1S/C27H43NO6/c1-16-11-17(2)13-19(4)26(31)22(15-28)9-7-8-10-24(20(5)21(6)27(32)33)34-25(30)14-23(29)18(3)12-16/h7-9,16-21,23-24,26,29,31H,10-14H2,1-6H3,(H,32,33)/b8-7+,22-9-/t16-,17+,18-,19-,20+,21-,23-,24-,26+/m0/s1. The number of carboxylic acid groups (broad SMARTS) is 1. The van der Waals surface area contributed by atoms with Crippen molar-refractivity contribution in [2.75, 3.05) is 0 Å². The number of aliphatic hydroxyl groups excluding tert-OH is 2. The molecule has 3 N–H and O–H groups in total. The number of aliphatic hydroxyl groups is 2. The number of aliphatic carboxylic acids is 1. The van der Waals surface area contributed by atoms with Gasteiger partial charge >= 0.3 is 11.9 Å². The van der Waals surface area contributed by atoms with Gasteiger partial charge in [-0.05, 0) is 49.0 Å². The van der Waals surface area contributed by atoms with Gasteiger partial charge in [-0.2, -0.15) is 5.26 Å². The van der Waals surface area contributed by atoms with Gasteiger partial charge in [-0.25, -0.2) is 0 Å². The summed E-state index contributed by atoms with van der Waals surface area (Å²) in [7, 11) is 0. The molecule has 0 amide bonds. The van der Waals surface area contributed by atoms with Gasteiger partial charge in [-0.15, -0.1) is 0 Å². The Kier molecular flexibility index (Phi) is 12.5. The van der Waals surface area contributed by atoms with Crippen LogP contribution in [0.5, 0.6) is 0 Å². The van der Waals surface area contributed by atoms with E-state index in [-0.39, 0.29) is 30.3 Å². The molecule has 0 bridgehead atoms. The summed E-state index contributed by atoms with van der Waals surface area (Å²) in [4.78, 5) is 24.1. The second-order valence-electron chi connectivity index (χ2n) is 10.5. The minimum atomic E-state index is -0.979. The van der Waals surface area contributed by atoms with Crippen LogP contribution in [0.3, 0.4) is 0 Å². The molecule has 0 fully saturated rings. The van der Waals surface area contributed by atoms with Gasteiger partial charge in [0.25, 0.3) is 0 Å². The van der Waals surface area contributed by atoms with Crippen LogP contribution in [0.2, 0.25) is 0 Å². The van der Waals surface area contributed by atoms with E-state index >= 15 is 0 Å². The first kappa shape index (κ1) is 29.9. The Hall–Kier alpha value is -2.17. The second kappa shape index (κ2) is 14.3. The molecule has 0 aromatic carbocycles. The molecule has 9 atom stereocenters. The minimum absolute atomic E-state index is 0.0893. The predicted molar refractivity (Wildman–Crippen MR) is 130 cm³/mol. The number of rotatable bonds is 3. The molecule has 1 aliphatic rings. The highest BCUT2D eigenvalue weighted by Gasteiger charge is 2.31. The van der Waals surface area contributed by atoms with Crippen LogP contribution in [0.1, 0.15) is 73.6 Å². The number of ether oxygens (including phenoxy) is 1. The predicted octanol–water partition coefficient (Wildman–Crippen LogP) is 4.49. The van der Waals surface area contributed by atoms with E-state index in [0.29, 0.717) is 11.8 Å². The Morgan fingerprint density at radius 2 is 1.68 bits per heavy atom. The summed E-state index contributed by atoms with van der Waals surface area (Å²) < 4.78 is 5.63. The fourth-order valence-corrected chi connectivity index (χ4v) is 4.83. The summed E-state index contributed by atoms with van der Waals surface area (Å²) in [6.45, 7) is 11.4. The Morgan fingerprint density at radius 3 is 2.24 bits per heavy atom. The Labute approximate surface area is 204 Å². The van der Waals surface area contributed by atoms with Gasteiger partial charge in [-0.1, -0.05) is 53.7 Å². The third-order valence-electron chi connectivity index (χ3n) is 7.20. The molecule has 0 saturated carbocycles. The molecule has 34 heavy (non-hydrogen) atoms. The smallest absolute Gasteiger partial charge is 0.308 e. The number of hydrogen-bond acceptors (Lipinski definition) is 6. The van der Waals surface area contributed by atoms with Gasteiger partial charge in [0.1, 0.15) is 6.10 Å². The summed E-state index contributed by atoms with van der Waals surface area (Å²) in [5.74, 6) is -2.26. The Balaban J connectivity index is 3.22. The van der Waals surface area contributed by atoms with Crippen molar-refractivity contribution in [1.29, 1.82) is 5.26 Å². The van der Waals surface area contributed by atoms with Crippen LogP contribution in [0.15, 0.2) is 23.8 Å². The van der Waals surface area contributed by atoms with Crippen LogP contribution in [0, 0.1) is 46.8 Å². The van der Waals surface area contributed by atoms with Crippen molar-refractivity contribution >= 4 is 11.9 Å². The van der Waals surface area contributed by atoms with Crippen molar-refractivity contribution in [2.24, 2.45) is 35.5 Å². The molecular formula is C27H43NO6. The number of carbonyl (C=O) groups is 2. The molecule has 0 unspecified atom stereocenters. The molecule has 0 aromatic rings. The molecule has 7 nitrogen and oxygen atoms in total. The third kappa shape index (κ3) is 9.60. The first-order chi connectivity index (χ1) is 15.9. The number of esters is 1. The summed E-state index contributed by atoms with van der Waals surface area (Å²) in [6, 6.07) is 2.08. The van der Waals surface area contributed by atoms with Crippen molar-refractivity contribution in [3.63, 3.8) is 0 Å². The van der Waals surface area contributed by atoms with Crippen LogP contribution in [-0.4, -0.2) is 45.6 Å². The SMILES string of the molecule is C[C@@H]1C[C@H](C)C[C@H](C)[C@@H](O)CC(=O)O[C@H]([C@H](C)[C@H](C)C(=O)O)C/C=C/C=C(/C#N)[C@H](O)[C@@H](C)C1. The van der Waals surface area contributed by atoms with Crippen molar-refractivity contribution in [3.8, 4) is 6.07 Å². The van der Waals surface area contributed by atoms with Crippen LogP contribution in [-0.2, 0) is 14.3 Å². The molecule has 0 radical (unpaired) electrons. The first-order valence-electron chi connectivity index (χ1n) is 12.4. The zero-order chi connectivity index (χ0) is 26.0. The summed E-state index contributed by atoms with van der Waals surface area (Å²) in [5.41, 5.74) is 0.266. The number of nitrogens with zero attached hydrogens (tertiary/aromatic N) is 1. The topological polar surface area (TPSA) is 128 Å². The van der Waals surface area contributed by atoms with Gasteiger partial charge in [0.05, 0.1) is 36.2 Å². The van der Waals surface area contributed by atoms with Gasteiger partial charge in [-0.3, -0.25) is 9.59 Å². The largest absolute Gasteiger partial charge is 0.481 e. The van der Waals surface area contributed by atoms with Gasteiger partial charge in [0, 0.05) is 12.3 Å². The lowest BCUT2D eigenvalue weighted by Crippen LogP contribution is -2.34. The molecule has 1 rings (SSSR count). The summed E-state index contributed by atoms with van der Waals surface area (Å²) in [5, 5.41) is 40.2. The molecule has 0 aliphatic carbocycles. The average Bonchev–Trinajstić information content (AvgIpc) is 2.75. The lowest BCUT2D eigenvalue weighted by molar-refractivity contribution is -0.159. The van der Waals surface area contributed by atoms with Crippen molar-refractivity contribution < 1.29 is 29.6 Å². The van der Waals surface area contributed by atoms with Gasteiger partial charge < -0.3 is 20.1 Å². The summed E-state index contributed by atoms with van der Waals surface area (Å²) in [6.07, 6.45) is 5.04. The van der Waals surface area contributed by atoms with Crippen molar-refractivity contribution in [1.82, 2.24) is 0 Å². The number of carboxylic acids is 1. The summed E-state index contributed by atoms with van der Waals surface area (Å²) >= 11 is 0. The van der Waals surface area contributed by atoms with E-state index in [0.717, 1.165) is 19.3 Å². The molecular weight excluding hydrogens is 434 g/mol. The molecule has 1 aliphatic heterocycles. The lowest BCUT2D eigenvalue weighted by atomic mass is 9.82. The molecule has 0 saturated heterocycles. The van der Waals surface area contributed by atoms with E-state index in [9.17, 15) is 30.2 Å². The van der Waals surface area contributed by atoms with Gasteiger partial charge in [0.2, 0.25) is 0 Å². The second-order valence-corrected chi connectivity index (χ2v) is 10.5. The van der Waals surface area contributed by atoms with Gasteiger partial charge in [0.15, 0.2) is 0 Å². The maximum absolute atomic E-state index is 12.6. The van der Waals surface area contributed by atoms with E-state index < -0.39 is 42.1 Å². The fraction of sp³-hybridized carbons (Fsp3) is 0.741. The molecule has 0 aromatic heterocycles. The number of hydrogen-bond donors (Lipinski definition) is 3. The lowest BCUT2D eigenvalue weighted by Gasteiger charge is -2.28. The monoisotopic (exact) mass is 477 g/mol. The zero-order valence-corrected chi connectivity index (χ0v) is 21.5. The van der Waals surface area contributed by atoms with E-state index in [1.54, 1.807) is 32.1 Å². The minimum Gasteiger partial charge on any atom is -0.481 e. The van der Waals surface area contributed by atoms with E-state index in [2.05, 4.69) is 19.9 Å². The van der Waals surface area contributed by atoms with Crippen molar-refractivity contribution in [2.45, 2.75) is 92.0 Å². The molecule has 7 heteroatoms. The average molecular weight is 478 g/mol. The number of cyclic esters (lactones) is 1. The molecule has 0 spiro atoms. The Bertz CT molecular complexity index is 770. The van der Waals surface area contributed by atoms with E-state index in [1.807, 2.05) is 13.8 Å². The first-order valence-corrected chi connectivity index (χ1v) is 12.4. The van der Waals surface area contributed by atoms with Crippen LogP contribution >= 0.6 is 0 Å². The quantitative estimate of drug-likeness (QED) is 0.511. The number of carbonyl (C=O) groups excluding carboxylic acids is 1. The van der Waals surface area contributed by atoms with Crippen LogP contribution in [0.25, 0.3) is 0 Å². The number of allylic oxidation sites excluding steroid dienone is 2. The van der Waals surface area contributed by atoms with Crippen LogP contribution < -0.4 is 0 Å². The third-order valence-corrected chi connectivity index (χ3v) is 7.20. The van der Waals surface area contributed by atoms with E-state index in [1.165, 1.54) is 0 Å². The zero-order valence-electron chi connectivity index (χ0n) is 21.5. The van der Waals surface area contributed by atoms with Crippen molar-refractivity contribution in [3.05, 3.63) is 23.8 Å². The normalized spacial score (nSPS) is 37.0. The Morgan fingerprint density at radius 1 is 1.09 bits per heavy atom. The molecule has 192 valence electrons. The van der Waals surface area contributed by atoms with Crippen LogP contribution in [0.4, 0.5) is 0 Å².